The summed E-state index contributed by atoms with van der Waals surface area (Å²) >= 11 is 0. The number of nitrogens with one attached hydrogen (secondary N) is 1. The molecule has 0 spiro atoms. The van der Waals surface area contributed by atoms with Gasteiger partial charge in [0.15, 0.2) is 16.9 Å². The van der Waals surface area contributed by atoms with E-state index in [1.807, 2.05) is 18.2 Å². The van der Waals surface area contributed by atoms with Crippen LogP contribution in [0, 0.1) is 5.41 Å². The van der Waals surface area contributed by atoms with Gasteiger partial charge in [-0.1, -0.05) is 18.2 Å². The van der Waals surface area contributed by atoms with Crippen molar-refractivity contribution in [1.29, 1.82) is 0 Å². The Labute approximate surface area is 169 Å². The van der Waals surface area contributed by atoms with Crippen molar-refractivity contribution in [2.24, 2.45) is 5.41 Å². The summed E-state index contributed by atoms with van der Waals surface area (Å²) in [6, 6.07) is 12.6. The van der Waals surface area contributed by atoms with Crippen LogP contribution in [0.3, 0.4) is 0 Å². The number of carbonyl (C=O) groups is 2. The number of anilines is 1. The lowest BCUT2D eigenvalue weighted by molar-refractivity contribution is -0.153. The van der Waals surface area contributed by atoms with Crippen LogP contribution in [0.1, 0.15) is 24.8 Å². The second-order valence-electron chi connectivity index (χ2n) is 6.73. The first kappa shape index (κ1) is 20.5. The highest BCUT2D eigenvalue weighted by atomic mass is 16.5. The Morgan fingerprint density at radius 1 is 1.03 bits per heavy atom. The first-order chi connectivity index (χ1) is 14.0. The molecule has 0 aromatic heterocycles. The fraction of sp³-hybridized carbons (Fsp3) is 0.364. The fourth-order valence-corrected chi connectivity index (χ4v) is 3.56. The molecule has 3 rings (SSSR count). The van der Waals surface area contributed by atoms with E-state index in [4.69, 9.17) is 18.9 Å². The lowest BCUT2D eigenvalue weighted by Gasteiger charge is -2.18. The summed E-state index contributed by atoms with van der Waals surface area (Å²) < 4.78 is 21.4. The van der Waals surface area contributed by atoms with Gasteiger partial charge in [0.1, 0.15) is 0 Å². The van der Waals surface area contributed by atoms with Gasteiger partial charge in [0.25, 0.3) is 0 Å². The van der Waals surface area contributed by atoms with E-state index in [0.29, 0.717) is 29.4 Å². The lowest BCUT2D eigenvalue weighted by atomic mass is 9.97. The van der Waals surface area contributed by atoms with Gasteiger partial charge in [0.2, 0.25) is 11.7 Å². The van der Waals surface area contributed by atoms with Gasteiger partial charge in [0, 0.05) is 11.6 Å². The fourth-order valence-electron chi connectivity index (χ4n) is 3.56. The molecule has 0 unspecified atom stereocenters. The molecule has 1 fully saturated rings. The molecule has 7 nitrogen and oxygen atoms in total. The number of benzene rings is 2. The van der Waals surface area contributed by atoms with E-state index >= 15 is 0 Å². The topological polar surface area (TPSA) is 83.1 Å². The number of rotatable bonds is 8. The number of carbonyl (C=O) groups excluding carboxylic acids is 2. The van der Waals surface area contributed by atoms with Gasteiger partial charge in [-0.25, -0.2) is 0 Å². The molecule has 0 saturated heterocycles. The van der Waals surface area contributed by atoms with Crippen molar-refractivity contribution in [3.8, 4) is 17.2 Å². The largest absolute Gasteiger partial charge is 0.493 e. The normalized spacial score (nSPS) is 19.8. The molecule has 2 aromatic carbocycles. The second-order valence-corrected chi connectivity index (χ2v) is 6.73. The maximum atomic E-state index is 13.1. The van der Waals surface area contributed by atoms with Crippen molar-refractivity contribution in [3.63, 3.8) is 0 Å². The Hall–Kier alpha value is -3.22. The van der Waals surface area contributed by atoms with Gasteiger partial charge in [-0.3, -0.25) is 9.59 Å². The van der Waals surface area contributed by atoms with Gasteiger partial charge in [-0.05, 0) is 43.2 Å². The van der Waals surface area contributed by atoms with Gasteiger partial charge in [-0.15, -0.1) is 0 Å². The molecule has 2 atom stereocenters. The van der Waals surface area contributed by atoms with Crippen LogP contribution in [0.4, 0.5) is 5.69 Å². The van der Waals surface area contributed by atoms with Crippen LogP contribution in [0.15, 0.2) is 42.5 Å². The monoisotopic (exact) mass is 399 g/mol. The van der Waals surface area contributed by atoms with Gasteiger partial charge >= 0.3 is 5.97 Å². The van der Waals surface area contributed by atoms with E-state index in [2.05, 4.69) is 5.32 Å². The highest BCUT2D eigenvalue weighted by Gasteiger charge is 2.67. The highest BCUT2D eigenvalue weighted by Crippen LogP contribution is 2.62. The highest BCUT2D eigenvalue weighted by molar-refractivity contribution is 6.13. The molecule has 29 heavy (non-hydrogen) atoms. The molecule has 2 aromatic rings. The minimum Gasteiger partial charge on any atom is -0.493 e. The van der Waals surface area contributed by atoms with Crippen LogP contribution in [0.2, 0.25) is 0 Å². The molecule has 0 radical (unpaired) electrons. The van der Waals surface area contributed by atoms with E-state index in [-0.39, 0.29) is 18.4 Å². The van der Waals surface area contributed by atoms with E-state index in [0.717, 1.165) is 5.56 Å². The molecule has 0 heterocycles. The second kappa shape index (κ2) is 8.43. The molecule has 7 heteroatoms. The van der Waals surface area contributed by atoms with Crippen LogP contribution < -0.4 is 19.5 Å². The van der Waals surface area contributed by atoms with Gasteiger partial charge in [-0.2, -0.15) is 0 Å². The minimum atomic E-state index is -1.30. The number of methoxy groups -OCH3 is 3. The number of para-hydroxylation sites is 1. The number of amides is 1. The summed E-state index contributed by atoms with van der Waals surface area (Å²) in [5.41, 5.74) is 0.0729. The Morgan fingerprint density at radius 2 is 1.66 bits per heavy atom. The summed E-state index contributed by atoms with van der Waals surface area (Å²) in [6.45, 7) is 1.92. The molecular weight excluding hydrogens is 374 g/mol. The zero-order valence-corrected chi connectivity index (χ0v) is 17.0. The molecule has 1 saturated carbocycles. The molecule has 154 valence electrons. The number of hydrogen-bond donors (Lipinski definition) is 1. The smallest absolute Gasteiger partial charge is 0.322 e. The van der Waals surface area contributed by atoms with Crippen LogP contribution in [0.5, 0.6) is 17.2 Å². The Bertz CT molecular complexity index is 872. The zero-order chi connectivity index (χ0) is 21.0. The molecule has 1 aliphatic rings. The molecule has 0 bridgehead atoms. The first-order valence-corrected chi connectivity index (χ1v) is 9.35. The molecule has 1 N–H and O–H groups in total. The van der Waals surface area contributed by atoms with Crippen molar-refractivity contribution in [1.82, 2.24) is 0 Å². The standard InChI is InChI=1S/C22H25NO6/c1-5-29-21(25)22(20(24)23-15-9-7-6-8-10-15)13-16(22)14-11-17(26-2)19(28-4)18(12-14)27-3/h6-12,16H,5,13H2,1-4H3,(H,23,24)/t16-,22-/m0/s1. The quantitative estimate of drug-likeness (QED) is 0.541. The Morgan fingerprint density at radius 3 is 2.17 bits per heavy atom. The molecule has 1 amide bonds. The summed E-state index contributed by atoms with van der Waals surface area (Å²) in [6.07, 6.45) is 0.336. The number of esters is 1. The van der Waals surface area contributed by atoms with Crippen LogP contribution in [-0.2, 0) is 14.3 Å². The van der Waals surface area contributed by atoms with E-state index in [9.17, 15) is 9.59 Å². The average Bonchev–Trinajstić information content (AvgIpc) is 3.50. The maximum Gasteiger partial charge on any atom is 0.322 e. The van der Waals surface area contributed by atoms with Crippen LogP contribution in [0.25, 0.3) is 0 Å². The van der Waals surface area contributed by atoms with E-state index in [1.54, 1.807) is 31.2 Å². The predicted octanol–water partition coefficient (Wildman–Crippen LogP) is 3.39. The predicted molar refractivity (Wildman–Crippen MR) is 108 cm³/mol. The van der Waals surface area contributed by atoms with E-state index < -0.39 is 11.4 Å². The summed E-state index contributed by atoms with van der Waals surface area (Å²) in [5.74, 6) is 0.104. The van der Waals surface area contributed by atoms with Crippen molar-refractivity contribution in [3.05, 3.63) is 48.0 Å². The molecule has 0 aliphatic heterocycles. The molecular formula is C22H25NO6. The zero-order valence-electron chi connectivity index (χ0n) is 17.0. The third kappa shape index (κ3) is 3.72. The summed E-state index contributed by atoms with van der Waals surface area (Å²) in [4.78, 5) is 25.9. The third-order valence-electron chi connectivity index (χ3n) is 5.13. The minimum absolute atomic E-state index is 0.196. The van der Waals surface area contributed by atoms with Crippen LogP contribution >= 0.6 is 0 Å². The average molecular weight is 399 g/mol. The Balaban J connectivity index is 1.97. The number of ether oxygens (including phenoxy) is 4. The van der Waals surface area contributed by atoms with Crippen LogP contribution in [-0.4, -0.2) is 39.8 Å². The van der Waals surface area contributed by atoms with Gasteiger partial charge in [0.05, 0.1) is 27.9 Å². The van der Waals surface area contributed by atoms with E-state index in [1.165, 1.54) is 21.3 Å². The molecule has 1 aliphatic carbocycles. The Kier molecular flexibility index (Phi) is 5.96. The van der Waals surface area contributed by atoms with Crippen molar-refractivity contribution in [2.45, 2.75) is 19.3 Å². The summed E-state index contributed by atoms with van der Waals surface area (Å²) in [5, 5.41) is 2.84. The van der Waals surface area contributed by atoms with Crippen molar-refractivity contribution >= 4 is 17.6 Å². The maximum absolute atomic E-state index is 13.1. The van der Waals surface area contributed by atoms with Gasteiger partial charge < -0.3 is 24.3 Å². The summed E-state index contributed by atoms with van der Waals surface area (Å²) in [7, 11) is 4.57. The lowest BCUT2D eigenvalue weighted by Crippen LogP contribution is -2.34. The third-order valence-corrected chi connectivity index (χ3v) is 5.13. The van der Waals surface area contributed by atoms with Crippen molar-refractivity contribution < 1.29 is 28.5 Å². The number of hydrogen-bond acceptors (Lipinski definition) is 6. The van der Waals surface area contributed by atoms with Crippen molar-refractivity contribution in [2.75, 3.05) is 33.3 Å². The SMILES string of the molecule is CCOC(=O)[C@@]1(C(=O)Nc2ccccc2)C[C@H]1c1cc(OC)c(OC)c(OC)c1. The first-order valence-electron chi connectivity index (χ1n) is 9.35.